The van der Waals surface area contributed by atoms with Gasteiger partial charge in [-0.3, -0.25) is 9.69 Å². The van der Waals surface area contributed by atoms with E-state index >= 15 is 0 Å². The summed E-state index contributed by atoms with van der Waals surface area (Å²) in [6, 6.07) is 4.81. The van der Waals surface area contributed by atoms with Crippen LogP contribution in [0.1, 0.15) is 37.0 Å². The topological polar surface area (TPSA) is 61.4 Å². The van der Waals surface area contributed by atoms with Crippen LogP contribution in [0.2, 0.25) is 0 Å². The lowest BCUT2D eigenvalue weighted by molar-refractivity contribution is -0.130. The summed E-state index contributed by atoms with van der Waals surface area (Å²) in [7, 11) is 0. The largest absolute Gasteiger partial charge is 0.357 e. The predicted octanol–water partition coefficient (Wildman–Crippen LogP) is 3.78. The molecule has 0 bridgehead atoms. The Morgan fingerprint density at radius 2 is 2.00 bits per heavy atom. The number of amides is 1. The van der Waals surface area contributed by atoms with Crippen molar-refractivity contribution in [2.24, 2.45) is 0 Å². The third-order valence-corrected chi connectivity index (χ3v) is 8.18. The Labute approximate surface area is 178 Å². The van der Waals surface area contributed by atoms with E-state index in [1.54, 1.807) is 22.7 Å². The Kier molecular flexibility index (Phi) is 7.22. The van der Waals surface area contributed by atoms with Crippen LogP contribution in [0.15, 0.2) is 21.9 Å². The minimum atomic E-state index is 0.206. The number of carbonyl (C=O) groups is 1. The number of hydrogen-bond acceptors (Lipinski definition) is 8. The molecule has 2 aliphatic rings. The molecule has 28 heavy (non-hydrogen) atoms. The minimum Gasteiger partial charge on any atom is -0.357 e. The van der Waals surface area contributed by atoms with Crippen LogP contribution in [-0.2, 0) is 11.3 Å². The molecule has 3 heterocycles. The summed E-state index contributed by atoms with van der Waals surface area (Å²) in [6.45, 7) is 4.52. The summed E-state index contributed by atoms with van der Waals surface area (Å²) in [4.78, 5) is 18.4. The van der Waals surface area contributed by atoms with E-state index in [4.69, 9.17) is 0 Å². The van der Waals surface area contributed by atoms with E-state index in [2.05, 4.69) is 37.9 Å². The van der Waals surface area contributed by atoms with Crippen molar-refractivity contribution >= 4 is 45.5 Å². The van der Waals surface area contributed by atoms with Gasteiger partial charge in [-0.1, -0.05) is 48.4 Å². The molecule has 1 saturated heterocycles. The number of hydrogen-bond donors (Lipinski definition) is 1. The van der Waals surface area contributed by atoms with Gasteiger partial charge in [0.25, 0.3) is 0 Å². The molecule has 0 radical (unpaired) electrons. The molecule has 1 aliphatic heterocycles. The van der Waals surface area contributed by atoms with Gasteiger partial charge >= 0.3 is 0 Å². The van der Waals surface area contributed by atoms with Crippen molar-refractivity contribution in [3.63, 3.8) is 0 Å². The van der Waals surface area contributed by atoms with Crippen LogP contribution in [0.4, 0.5) is 5.13 Å². The van der Waals surface area contributed by atoms with Gasteiger partial charge < -0.3 is 10.2 Å². The summed E-state index contributed by atoms with van der Waals surface area (Å²) < 4.78 is 0.878. The van der Waals surface area contributed by atoms with Gasteiger partial charge in [0.15, 0.2) is 4.34 Å². The highest BCUT2D eigenvalue weighted by Crippen LogP contribution is 2.28. The average Bonchev–Trinajstić information content (AvgIpc) is 3.40. The number of rotatable bonds is 7. The van der Waals surface area contributed by atoms with Gasteiger partial charge in [0.05, 0.1) is 5.75 Å². The zero-order valence-electron chi connectivity index (χ0n) is 16.0. The van der Waals surface area contributed by atoms with Crippen LogP contribution in [-0.4, -0.2) is 63.9 Å². The molecule has 2 aromatic rings. The van der Waals surface area contributed by atoms with Crippen LogP contribution in [0.3, 0.4) is 0 Å². The van der Waals surface area contributed by atoms with Crippen molar-refractivity contribution in [2.75, 3.05) is 37.2 Å². The maximum atomic E-state index is 12.5. The number of anilines is 1. The predicted molar refractivity (Wildman–Crippen MR) is 117 cm³/mol. The van der Waals surface area contributed by atoms with Gasteiger partial charge in [-0.15, -0.1) is 21.5 Å². The summed E-state index contributed by atoms with van der Waals surface area (Å²) in [6.07, 6.45) is 6.39. The molecule has 0 atom stereocenters. The molecular weight excluding hydrogens is 410 g/mol. The van der Waals surface area contributed by atoms with Crippen molar-refractivity contribution in [1.29, 1.82) is 0 Å². The van der Waals surface area contributed by atoms with E-state index in [9.17, 15) is 4.79 Å². The van der Waals surface area contributed by atoms with Crippen molar-refractivity contribution in [3.8, 4) is 0 Å². The Morgan fingerprint density at radius 1 is 1.18 bits per heavy atom. The van der Waals surface area contributed by atoms with E-state index in [0.717, 1.165) is 42.2 Å². The lowest BCUT2D eigenvalue weighted by Gasteiger charge is -2.34. The molecule has 152 valence electrons. The molecule has 2 aromatic heterocycles. The number of nitrogens with one attached hydrogen (secondary N) is 1. The molecule has 2 fully saturated rings. The number of nitrogens with zero attached hydrogens (tertiary/aromatic N) is 4. The summed E-state index contributed by atoms with van der Waals surface area (Å²) in [5.41, 5.74) is 0. The van der Waals surface area contributed by atoms with Crippen LogP contribution < -0.4 is 5.32 Å². The number of thioether (sulfide) groups is 1. The zero-order chi connectivity index (χ0) is 19.2. The highest BCUT2D eigenvalue weighted by atomic mass is 32.2. The standard InChI is InChI=1S/C19H27N5OS3/c25-17(24-10-8-23(9-11-24)13-16-7-4-12-26-16)14-27-19-22-21-18(28-19)20-15-5-2-1-3-6-15/h4,7,12,15H,1-3,5-6,8-11,13-14H2,(H,20,21). The quantitative estimate of drug-likeness (QED) is 0.665. The normalized spacial score (nSPS) is 19.1. The fourth-order valence-corrected chi connectivity index (χ4v) is 6.22. The van der Waals surface area contributed by atoms with Crippen LogP contribution >= 0.6 is 34.4 Å². The Hall–Kier alpha value is -1.16. The first-order valence-electron chi connectivity index (χ1n) is 10.0. The van der Waals surface area contributed by atoms with Gasteiger partial charge in [0, 0.05) is 43.6 Å². The molecule has 1 amide bonds. The molecule has 1 saturated carbocycles. The second-order valence-electron chi connectivity index (χ2n) is 7.38. The van der Waals surface area contributed by atoms with Gasteiger partial charge in [-0.2, -0.15) is 0 Å². The highest BCUT2D eigenvalue weighted by Gasteiger charge is 2.22. The fraction of sp³-hybridized carbons (Fsp3) is 0.632. The van der Waals surface area contributed by atoms with Crippen LogP contribution in [0, 0.1) is 0 Å². The number of carbonyl (C=O) groups excluding carboxylic acids is 1. The third kappa shape index (κ3) is 5.68. The summed E-state index contributed by atoms with van der Waals surface area (Å²) in [5, 5.41) is 15.0. The van der Waals surface area contributed by atoms with Crippen molar-refractivity contribution < 1.29 is 4.79 Å². The molecule has 1 N–H and O–H groups in total. The molecule has 4 rings (SSSR count). The smallest absolute Gasteiger partial charge is 0.233 e. The third-order valence-electron chi connectivity index (χ3n) is 5.34. The lowest BCUT2D eigenvalue weighted by Crippen LogP contribution is -2.48. The van der Waals surface area contributed by atoms with Crippen LogP contribution in [0.25, 0.3) is 0 Å². The molecule has 0 aromatic carbocycles. The first-order valence-corrected chi connectivity index (χ1v) is 12.7. The number of thiophene rings is 1. The van der Waals surface area contributed by atoms with Gasteiger partial charge in [0.1, 0.15) is 0 Å². The number of piperazine rings is 1. The molecule has 6 nitrogen and oxygen atoms in total. The second-order valence-corrected chi connectivity index (χ2v) is 10.6. The van der Waals surface area contributed by atoms with Gasteiger partial charge in [-0.05, 0) is 24.3 Å². The van der Waals surface area contributed by atoms with E-state index in [-0.39, 0.29) is 5.91 Å². The SMILES string of the molecule is O=C(CSc1nnc(NC2CCCCC2)s1)N1CCN(Cc2cccs2)CC1. The highest BCUT2D eigenvalue weighted by molar-refractivity contribution is 8.01. The number of aromatic nitrogens is 2. The van der Waals surface area contributed by atoms with E-state index < -0.39 is 0 Å². The first-order chi connectivity index (χ1) is 13.8. The molecule has 0 spiro atoms. The Bertz CT molecular complexity index is 737. The lowest BCUT2D eigenvalue weighted by atomic mass is 9.96. The molecule has 9 heteroatoms. The maximum Gasteiger partial charge on any atom is 0.233 e. The summed E-state index contributed by atoms with van der Waals surface area (Å²) >= 11 is 4.88. The van der Waals surface area contributed by atoms with E-state index in [1.165, 1.54) is 48.7 Å². The first kappa shape index (κ1) is 20.1. The second kappa shape index (κ2) is 10.0. The zero-order valence-corrected chi connectivity index (χ0v) is 18.5. The van der Waals surface area contributed by atoms with Gasteiger partial charge in [-0.25, -0.2) is 0 Å². The molecule has 1 aliphatic carbocycles. The Morgan fingerprint density at radius 3 is 2.75 bits per heavy atom. The summed E-state index contributed by atoms with van der Waals surface area (Å²) in [5.74, 6) is 0.654. The maximum absolute atomic E-state index is 12.5. The monoisotopic (exact) mass is 437 g/mol. The average molecular weight is 438 g/mol. The van der Waals surface area contributed by atoms with Crippen molar-refractivity contribution in [1.82, 2.24) is 20.0 Å². The van der Waals surface area contributed by atoms with E-state index in [0.29, 0.717) is 11.8 Å². The van der Waals surface area contributed by atoms with E-state index in [1.807, 2.05) is 4.90 Å². The fourth-order valence-electron chi connectivity index (χ4n) is 3.74. The molecule has 0 unspecified atom stereocenters. The Balaban J connectivity index is 1.17. The van der Waals surface area contributed by atoms with Crippen molar-refractivity contribution in [2.45, 2.75) is 49.0 Å². The van der Waals surface area contributed by atoms with Gasteiger partial charge in [0.2, 0.25) is 11.0 Å². The molecular formula is C19H27N5OS3. The van der Waals surface area contributed by atoms with Crippen molar-refractivity contribution in [3.05, 3.63) is 22.4 Å². The van der Waals surface area contributed by atoms with Crippen LogP contribution in [0.5, 0.6) is 0 Å². The minimum absolute atomic E-state index is 0.206.